The zero-order valence-corrected chi connectivity index (χ0v) is 19.8. The Hall–Kier alpha value is -2.64. The number of anilines is 1. The van der Waals surface area contributed by atoms with Gasteiger partial charge >= 0.3 is 5.97 Å². The van der Waals surface area contributed by atoms with Gasteiger partial charge in [0.05, 0.1) is 16.6 Å². The first-order valence-corrected chi connectivity index (χ1v) is 11.7. The number of amides is 1. The van der Waals surface area contributed by atoms with Crippen LogP contribution in [-0.4, -0.2) is 25.1 Å². The highest BCUT2D eigenvalue weighted by atomic mass is 79.9. The minimum atomic E-state index is -0.466. The molecule has 0 spiro atoms. The number of carbonyl (C=O) groups is 2. The predicted molar refractivity (Wildman–Crippen MR) is 128 cm³/mol. The molecule has 1 heterocycles. The van der Waals surface area contributed by atoms with Crippen LogP contribution in [0.3, 0.4) is 0 Å². The van der Waals surface area contributed by atoms with E-state index in [9.17, 15) is 9.59 Å². The zero-order valence-electron chi connectivity index (χ0n) is 17.4. The summed E-state index contributed by atoms with van der Waals surface area (Å²) in [6, 6.07) is 17.3. The standard InChI is InChI=1S/C24H24BrNO4S/c1-3-8-16-11-12-20(19(25)13-16)30-15-22(27)26-23-18(24(28)29-4-2)14-21(31-23)17-9-6-5-7-10-17/h5-7,9-14H,3-4,8,15H2,1-2H3,(H,26,27). The Kier molecular flexibility index (Phi) is 8.26. The van der Waals surface area contributed by atoms with E-state index in [1.165, 1.54) is 16.9 Å². The summed E-state index contributed by atoms with van der Waals surface area (Å²) in [7, 11) is 0. The monoisotopic (exact) mass is 501 g/mol. The van der Waals surface area contributed by atoms with E-state index < -0.39 is 5.97 Å². The molecule has 1 amide bonds. The van der Waals surface area contributed by atoms with Crippen molar-refractivity contribution in [2.45, 2.75) is 26.7 Å². The second-order valence-electron chi connectivity index (χ2n) is 6.79. The topological polar surface area (TPSA) is 64.6 Å². The minimum Gasteiger partial charge on any atom is -0.483 e. The Morgan fingerprint density at radius 3 is 2.52 bits per heavy atom. The fourth-order valence-electron chi connectivity index (χ4n) is 3.00. The van der Waals surface area contributed by atoms with E-state index in [1.807, 2.05) is 48.5 Å². The van der Waals surface area contributed by atoms with E-state index in [-0.39, 0.29) is 19.1 Å². The number of esters is 1. The molecule has 162 valence electrons. The molecule has 3 rings (SSSR count). The molecule has 7 heteroatoms. The highest BCUT2D eigenvalue weighted by Crippen LogP contribution is 2.36. The summed E-state index contributed by atoms with van der Waals surface area (Å²) >= 11 is 4.83. The van der Waals surface area contributed by atoms with Gasteiger partial charge in [0.2, 0.25) is 0 Å². The molecule has 31 heavy (non-hydrogen) atoms. The molecule has 0 saturated heterocycles. The van der Waals surface area contributed by atoms with Crippen LogP contribution in [-0.2, 0) is 16.0 Å². The molecule has 2 aromatic carbocycles. The third-order valence-corrected chi connectivity index (χ3v) is 6.15. The van der Waals surface area contributed by atoms with Gasteiger partial charge in [0.1, 0.15) is 10.8 Å². The van der Waals surface area contributed by atoms with Crippen molar-refractivity contribution in [3.8, 4) is 16.2 Å². The van der Waals surface area contributed by atoms with E-state index in [4.69, 9.17) is 9.47 Å². The largest absolute Gasteiger partial charge is 0.483 e. The van der Waals surface area contributed by atoms with Crippen LogP contribution in [0.2, 0.25) is 0 Å². The fraction of sp³-hybridized carbons (Fsp3) is 0.250. The van der Waals surface area contributed by atoms with Crippen LogP contribution in [0.25, 0.3) is 10.4 Å². The van der Waals surface area contributed by atoms with Crippen molar-refractivity contribution < 1.29 is 19.1 Å². The normalized spacial score (nSPS) is 10.5. The van der Waals surface area contributed by atoms with Crippen LogP contribution in [0.15, 0.2) is 59.1 Å². The zero-order chi connectivity index (χ0) is 22.2. The second-order valence-corrected chi connectivity index (χ2v) is 8.70. The molecule has 0 bridgehead atoms. The second kappa shape index (κ2) is 11.1. The van der Waals surface area contributed by atoms with Crippen molar-refractivity contribution in [3.63, 3.8) is 0 Å². The SMILES string of the molecule is CCCc1ccc(OCC(=O)Nc2sc(-c3ccccc3)cc2C(=O)OCC)c(Br)c1. The molecule has 0 unspecified atom stereocenters. The number of halogens is 1. The Labute approximate surface area is 194 Å². The molecule has 1 aromatic heterocycles. The summed E-state index contributed by atoms with van der Waals surface area (Å²) in [5.41, 5.74) is 2.51. The molecule has 3 aromatic rings. The fourth-order valence-corrected chi connectivity index (χ4v) is 4.61. The Bertz CT molecular complexity index is 1050. The minimum absolute atomic E-state index is 0.174. The summed E-state index contributed by atoms with van der Waals surface area (Å²) in [5, 5.41) is 3.25. The molecule has 0 fully saturated rings. The number of hydrogen-bond acceptors (Lipinski definition) is 5. The average molecular weight is 502 g/mol. The first kappa shape index (κ1) is 23.0. The number of carbonyl (C=O) groups excluding carboxylic acids is 2. The quantitative estimate of drug-likeness (QED) is 0.348. The predicted octanol–water partition coefficient (Wildman–Crippen LogP) is 6.32. The number of rotatable bonds is 9. The van der Waals surface area contributed by atoms with Crippen LogP contribution < -0.4 is 10.1 Å². The number of aryl methyl sites for hydroxylation is 1. The van der Waals surface area contributed by atoms with Gasteiger partial charge in [-0.1, -0.05) is 49.7 Å². The smallest absolute Gasteiger partial charge is 0.341 e. The summed E-state index contributed by atoms with van der Waals surface area (Å²) in [6.07, 6.45) is 2.04. The van der Waals surface area contributed by atoms with Crippen molar-refractivity contribution in [2.75, 3.05) is 18.5 Å². The third-order valence-electron chi connectivity index (χ3n) is 4.43. The number of nitrogens with one attached hydrogen (secondary N) is 1. The lowest BCUT2D eigenvalue weighted by molar-refractivity contribution is -0.118. The molecule has 0 radical (unpaired) electrons. The van der Waals surface area contributed by atoms with Gasteiger partial charge in [-0.05, 0) is 58.6 Å². The highest BCUT2D eigenvalue weighted by Gasteiger charge is 2.20. The van der Waals surface area contributed by atoms with Gasteiger partial charge in [0.25, 0.3) is 5.91 Å². The molecule has 1 N–H and O–H groups in total. The van der Waals surface area contributed by atoms with E-state index in [2.05, 4.69) is 28.2 Å². The Morgan fingerprint density at radius 2 is 1.84 bits per heavy atom. The van der Waals surface area contributed by atoms with E-state index in [1.54, 1.807) is 13.0 Å². The molecule has 0 saturated carbocycles. The lowest BCUT2D eigenvalue weighted by Gasteiger charge is -2.10. The highest BCUT2D eigenvalue weighted by molar-refractivity contribution is 9.10. The maximum Gasteiger partial charge on any atom is 0.341 e. The first-order chi connectivity index (χ1) is 15.0. The number of thiophene rings is 1. The number of hydrogen-bond donors (Lipinski definition) is 1. The van der Waals surface area contributed by atoms with Crippen LogP contribution in [0, 0.1) is 0 Å². The van der Waals surface area contributed by atoms with Crippen molar-refractivity contribution in [2.24, 2.45) is 0 Å². The van der Waals surface area contributed by atoms with Gasteiger partial charge in [-0.2, -0.15) is 0 Å². The maximum atomic E-state index is 12.5. The summed E-state index contributed by atoms with van der Waals surface area (Å²) in [5.74, 6) is -0.222. The van der Waals surface area contributed by atoms with Crippen LogP contribution in [0.5, 0.6) is 5.75 Å². The molecule has 0 aliphatic heterocycles. The van der Waals surface area contributed by atoms with E-state index in [0.717, 1.165) is 27.8 Å². The molecule has 0 aliphatic carbocycles. The van der Waals surface area contributed by atoms with E-state index in [0.29, 0.717) is 16.3 Å². The molecule has 0 aliphatic rings. The number of ether oxygens (including phenoxy) is 2. The number of benzene rings is 2. The van der Waals surface area contributed by atoms with Crippen molar-refractivity contribution in [3.05, 3.63) is 70.2 Å². The van der Waals surface area contributed by atoms with Gasteiger partial charge < -0.3 is 14.8 Å². The van der Waals surface area contributed by atoms with Gasteiger partial charge in [0.15, 0.2) is 6.61 Å². The van der Waals surface area contributed by atoms with Crippen LogP contribution >= 0.6 is 27.3 Å². The van der Waals surface area contributed by atoms with Gasteiger partial charge in [-0.25, -0.2) is 4.79 Å². The van der Waals surface area contributed by atoms with Gasteiger partial charge in [0, 0.05) is 4.88 Å². The summed E-state index contributed by atoms with van der Waals surface area (Å²) < 4.78 is 11.6. The van der Waals surface area contributed by atoms with Crippen LogP contribution in [0.1, 0.15) is 36.2 Å². The molecule has 5 nitrogen and oxygen atoms in total. The Morgan fingerprint density at radius 1 is 1.06 bits per heavy atom. The molecule has 0 atom stereocenters. The van der Waals surface area contributed by atoms with Crippen molar-refractivity contribution in [1.29, 1.82) is 0 Å². The third kappa shape index (κ3) is 6.18. The van der Waals surface area contributed by atoms with Gasteiger partial charge in [-0.15, -0.1) is 11.3 Å². The van der Waals surface area contributed by atoms with Crippen molar-refractivity contribution >= 4 is 44.1 Å². The molecular weight excluding hydrogens is 478 g/mol. The first-order valence-electron chi connectivity index (χ1n) is 10.1. The van der Waals surface area contributed by atoms with Crippen LogP contribution in [0.4, 0.5) is 5.00 Å². The van der Waals surface area contributed by atoms with Gasteiger partial charge in [-0.3, -0.25) is 4.79 Å². The molecular formula is C24H24BrNO4S. The summed E-state index contributed by atoms with van der Waals surface area (Å²) in [6.45, 7) is 3.96. The van der Waals surface area contributed by atoms with E-state index >= 15 is 0 Å². The lowest BCUT2D eigenvalue weighted by Crippen LogP contribution is -2.21. The lowest BCUT2D eigenvalue weighted by atomic mass is 10.1. The summed E-state index contributed by atoms with van der Waals surface area (Å²) in [4.78, 5) is 25.8. The average Bonchev–Trinajstić information content (AvgIpc) is 3.18. The Balaban J connectivity index is 1.72. The van der Waals surface area contributed by atoms with Crippen molar-refractivity contribution in [1.82, 2.24) is 0 Å². The maximum absolute atomic E-state index is 12.5.